The minimum absolute atomic E-state index is 0.0194. The molecule has 26 heavy (non-hydrogen) atoms. The van der Waals surface area contributed by atoms with E-state index >= 15 is 0 Å². The summed E-state index contributed by atoms with van der Waals surface area (Å²) < 4.78 is 23.7. The number of aromatic nitrogens is 2. The fourth-order valence-corrected chi connectivity index (χ4v) is 2.71. The number of carbonyl (C=O) groups is 1. The number of nitrogens with zero attached hydrogens (tertiary/aromatic N) is 2. The van der Waals surface area contributed by atoms with E-state index in [0.717, 1.165) is 19.3 Å². The maximum atomic E-state index is 13.8. The van der Waals surface area contributed by atoms with Crippen LogP contribution >= 0.6 is 0 Å². The van der Waals surface area contributed by atoms with Gasteiger partial charge in [0.2, 0.25) is 0 Å². The molecule has 0 fully saturated rings. The number of carbonyl (C=O) groups excluding carboxylic acids is 1. The third-order valence-electron chi connectivity index (χ3n) is 4.19. The van der Waals surface area contributed by atoms with E-state index in [1.807, 2.05) is 0 Å². The predicted octanol–water partition coefficient (Wildman–Crippen LogP) is 4.30. The quantitative estimate of drug-likeness (QED) is 0.453. The molecule has 0 aliphatic carbocycles. The highest BCUT2D eigenvalue weighted by atomic mass is 19.1. The molecule has 0 spiro atoms. The molecule has 0 saturated heterocycles. The Bertz CT molecular complexity index is 845. The minimum atomic E-state index is -0.361. The molecule has 2 N–H and O–H groups in total. The Morgan fingerprint density at radius 3 is 2.77 bits per heavy atom. The number of hydrogen-bond acceptors (Lipinski definition) is 6. The Hall–Kier alpha value is -2.80. The monoisotopic (exact) mass is 357 g/mol. The third kappa shape index (κ3) is 4.43. The molecule has 0 aliphatic heterocycles. The summed E-state index contributed by atoms with van der Waals surface area (Å²) in [4.78, 5) is 11.8. The first-order valence-corrected chi connectivity index (χ1v) is 8.56. The molecule has 3 rings (SSSR count). The largest absolute Gasteiger partial charge is 0.364 e. The van der Waals surface area contributed by atoms with Gasteiger partial charge in [-0.05, 0) is 25.0 Å². The van der Waals surface area contributed by atoms with E-state index in [9.17, 15) is 9.18 Å². The number of nitrogens with two attached hydrogens (primary N) is 1. The molecule has 2 aromatic heterocycles. The number of unbranched alkanes of at least 4 members (excludes halogenated alkanes) is 2. The van der Waals surface area contributed by atoms with Crippen molar-refractivity contribution < 1.29 is 18.2 Å². The molecule has 136 valence electrons. The van der Waals surface area contributed by atoms with Crippen LogP contribution < -0.4 is 5.73 Å². The third-order valence-corrected chi connectivity index (χ3v) is 4.19. The Labute approximate surface area is 150 Å². The second-order valence-electron chi connectivity index (χ2n) is 6.11. The molecule has 1 aromatic carbocycles. The molecule has 6 nitrogen and oxygen atoms in total. The zero-order valence-corrected chi connectivity index (χ0v) is 14.2. The molecule has 1 unspecified atom stereocenters. The van der Waals surface area contributed by atoms with Crippen molar-refractivity contribution in [2.45, 2.75) is 38.1 Å². The van der Waals surface area contributed by atoms with Crippen molar-refractivity contribution in [1.82, 2.24) is 10.3 Å². The molecule has 2 heterocycles. The summed E-state index contributed by atoms with van der Waals surface area (Å²) in [5.74, 6) is -0.0126. The predicted molar refractivity (Wildman–Crippen MR) is 92.7 cm³/mol. The van der Waals surface area contributed by atoms with Crippen molar-refractivity contribution in [3.63, 3.8) is 0 Å². The first-order valence-electron chi connectivity index (χ1n) is 8.56. The second-order valence-corrected chi connectivity index (χ2v) is 6.11. The van der Waals surface area contributed by atoms with E-state index in [0.29, 0.717) is 35.6 Å². The van der Waals surface area contributed by atoms with Crippen LogP contribution in [-0.4, -0.2) is 16.1 Å². The number of benzene rings is 1. The molecule has 0 amide bonds. The normalized spacial score (nSPS) is 12.2. The van der Waals surface area contributed by atoms with Crippen molar-refractivity contribution in [3.8, 4) is 11.3 Å². The number of Topliss-reactive ketones (excluding diaryl/α,β-unsaturated/α-hetero) is 1. The molecular weight excluding hydrogens is 337 g/mol. The van der Waals surface area contributed by atoms with Crippen LogP contribution in [0.5, 0.6) is 0 Å². The van der Waals surface area contributed by atoms with Crippen molar-refractivity contribution >= 4 is 5.78 Å². The summed E-state index contributed by atoms with van der Waals surface area (Å²) in [7, 11) is 0. The highest BCUT2D eigenvalue weighted by molar-refractivity contribution is 5.93. The van der Waals surface area contributed by atoms with Crippen LogP contribution in [0.15, 0.2) is 51.7 Å². The summed E-state index contributed by atoms with van der Waals surface area (Å²) in [6, 6.07) is 9.32. The van der Waals surface area contributed by atoms with E-state index in [1.54, 1.807) is 30.3 Å². The lowest BCUT2D eigenvalue weighted by atomic mass is 10.0. The van der Waals surface area contributed by atoms with Crippen molar-refractivity contribution in [1.29, 1.82) is 0 Å². The van der Waals surface area contributed by atoms with E-state index in [-0.39, 0.29) is 17.6 Å². The van der Waals surface area contributed by atoms with Gasteiger partial charge in [-0.2, -0.15) is 0 Å². The van der Waals surface area contributed by atoms with Crippen LogP contribution in [-0.2, 0) is 0 Å². The van der Waals surface area contributed by atoms with Gasteiger partial charge >= 0.3 is 0 Å². The Morgan fingerprint density at radius 2 is 2.00 bits per heavy atom. The summed E-state index contributed by atoms with van der Waals surface area (Å²) >= 11 is 0. The van der Waals surface area contributed by atoms with Gasteiger partial charge in [-0.3, -0.25) is 4.79 Å². The highest BCUT2D eigenvalue weighted by Crippen LogP contribution is 2.26. The molecule has 1 atom stereocenters. The van der Waals surface area contributed by atoms with Crippen LogP contribution in [0.3, 0.4) is 0 Å². The first-order chi connectivity index (χ1) is 12.6. The smallest absolute Gasteiger partial charge is 0.184 e. The average molecular weight is 357 g/mol. The van der Waals surface area contributed by atoms with Crippen molar-refractivity contribution in [3.05, 3.63) is 59.9 Å². The minimum Gasteiger partial charge on any atom is -0.364 e. The molecule has 7 heteroatoms. The van der Waals surface area contributed by atoms with Gasteiger partial charge in [-0.15, -0.1) is 0 Å². The zero-order valence-electron chi connectivity index (χ0n) is 14.2. The second kappa shape index (κ2) is 8.53. The topological polar surface area (TPSA) is 95.2 Å². The summed E-state index contributed by atoms with van der Waals surface area (Å²) in [5, 5.41) is 7.58. The van der Waals surface area contributed by atoms with Gasteiger partial charge < -0.3 is 14.8 Å². The van der Waals surface area contributed by atoms with Crippen LogP contribution in [0.1, 0.15) is 54.3 Å². The highest BCUT2D eigenvalue weighted by Gasteiger charge is 2.15. The number of rotatable bonds is 9. The van der Waals surface area contributed by atoms with E-state index in [1.165, 1.54) is 12.3 Å². The standard InChI is InChI=1S/C19H20FN3O3/c20-14-7-5-4-6-13(14)19-12-17(23-26-19)15(21)8-2-1-3-9-18(24)16-10-11-25-22-16/h4-7,10-12,15H,1-3,8-9,21H2. The van der Waals surface area contributed by atoms with E-state index in [4.69, 9.17) is 10.3 Å². The Balaban J connectivity index is 1.43. The summed E-state index contributed by atoms with van der Waals surface area (Å²) in [6.45, 7) is 0. The van der Waals surface area contributed by atoms with Gasteiger partial charge in [-0.25, -0.2) is 4.39 Å². The SMILES string of the molecule is NC(CCCCCC(=O)c1ccon1)c1cc(-c2ccccc2F)on1. The van der Waals surface area contributed by atoms with Crippen molar-refractivity contribution in [2.75, 3.05) is 0 Å². The molecule has 0 radical (unpaired) electrons. The fraction of sp³-hybridized carbons (Fsp3) is 0.316. The molecule has 3 aromatic rings. The first kappa shape index (κ1) is 18.0. The maximum Gasteiger partial charge on any atom is 0.184 e. The van der Waals surface area contributed by atoms with Crippen LogP contribution in [0.25, 0.3) is 11.3 Å². The molecule has 0 saturated carbocycles. The van der Waals surface area contributed by atoms with Gasteiger partial charge in [0.25, 0.3) is 0 Å². The fourth-order valence-electron chi connectivity index (χ4n) is 2.71. The lowest BCUT2D eigenvalue weighted by Gasteiger charge is -2.07. The van der Waals surface area contributed by atoms with E-state index < -0.39 is 0 Å². The molecule has 0 aliphatic rings. The maximum absolute atomic E-state index is 13.8. The molecule has 0 bridgehead atoms. The Kier molecular flexibility index (Phi) is 5.91. The van der Waals surface area contributed by atoms with Gasteiger partial charge in [0, 0.05) is 18.6 Å². The average Bonchev–Trinajstić information content (AvgIpc) is 3.33. The van der Waals surface area contributed by atoms with Crippen LogP contribution in [0, 0.1) is 5.82 Å². The number of ketones is 1. The number of hydrogen-bond donors (Lipinski definition) is 1. The lowest BCUT2D eigenvalue weighted by molar-refractivity contribution is 0.0970. The van der Waals surface area contributed by atoms with Crippen molar-refractivity contribution in [2.24, 2.45) is 5.73 Å². The Morgan fingerprint density at radius 1 is 1.15 bits per heavy atom. The van der Waals surface area contributed by atoms with Gasteiger partial charge in [0.15, 0.2) is 11.5 Å². The van der Waals surface area contributed by atoms with Gasteiger partial charge in [0.05, 0.1) is 11.6 Å². The zero-order chi connectivity index (χ0) is 18.4. The van der Waals surface area contributed by atoms with Gasteiger partial charge in [0.1, 0.15) is 23.5 Å². The lowest BCUT2D eigenvalue weighted by Crippen LogP contribution is -2.10. The summed E-state index contributed by atoms with van der Waals surface area (Å²) in [5.41, 5.74) is 7.47. The van der Waals surface area contributed by atoms with E-state index in [2.05, 4.69) is 14.8 Å². The van der Waals surface area contributed by atoms with Crippen LogP contribution in [0.2, 0.25) is 0 Å². The van der Waals surface area contributed by atoms with Gasteiger partial charge in [-0.1, -0.05) is 35.3 Å². The van der Waals surface area contributed by atoms with Crippen LogP contribution in [0.4, 0.5) is 4.39 Å². The number of halogens is 1. The summed E-state index contributed by atoms with van der Waals surface area (Å²) in [6.07, 6.45) is 5.02. The molecular formula is C19H20FN3O3.